The van der Waals surface area contributed by atoms with Crippen molar-refractivity contribution in [3.63, 3.8) is 0 Å². The number of hydrogen-bond donors (Lipinski definition) is 1. The molecule has 0 atom stereocenters. The lowest BCUT2D eigenvalue weighted by molar-refractivity contribution is -0.301. The van der Waals surface area contributed by atoms with Crippen molar-refractivity contribution >= 4 is 40.7 Å². The molecule has 7 nitrogen and oxygen atoms in total. The van der Waals surface area contributed by atoms with Crippen molar-refractivity contribution < 1.29 is 19.4 Å². The SMILES string of the molecule is COc1ccc(/C(C)=N\NC(=O)Cc2nc(C)cs2)cc1CSCC(=O)[O-]. The van der Waals surface area contributed by atoms with Crippen LogP contribution in [0.5, 0.6) is 5.75 Å². The van der Waals surface area contributed by atoms with Gasteiger partial charge in [0.25, 0.3) is 0 Å². The van der Waals surface area contributed by atoms with Gasteiger partial charge in [-0.2, -0.15) is 16.9 Å². The fourth-order valence-electron chi connectivity index (χ4n) is 2.23. The monoisotopic (exact) mass is 406 g/mol. The maximum atomic E-state index is 12.0. The molecule has 1 aromatic heterocycles. The molecule has 2 aromatic rings. The van der Waals surface area contributed by atoms with E-state index in [1.807, 2.05) is 24.4 Å². The van der Waals surface area contributed by atoms with E-state index in [1.165, 1.54) is 23.1 Å². The number of amides is 1. The first-order valence-corrected chi connectivity index (χ1v) is 10.1. The number of benzene rings is 1. The van der Waals surface area contributed by atoms with Crippen LogP contribution in [0.2, 0.25) is 0 Å². The summed E-state index contributed by atoms with van der Waals surface area (Å²) in [5.74, 6) is -0.297. The highest BCUT2D eigenvalue weighted by atomic mass is 32.2. The average molecular weight is 407 g/mol. The molecule has 27 heavy (non-hydrogen) atoms. The molecule has 0 aliphatic rings. The van der Waals surface area contributed by atoms with Crippen LogP contribution in [0.4, 0.5) is 0 Å². The van der Waals surface area contributed by atoms with E-state index in [9.17, 15) is 14.7 Å². The zero-order chi connectivity index (χ0) is 19.8. The highest BCUT2D eigenvalue weighted by molar-refractivity contribution is 7.99. The summed E-state index contributed by atoms with van der Waals surface area (Å²) in [6, 6.07) is 5.50. The number of carbonyl (C=O) groups is 2. The van der Waals surface area contributed by atoms with E-state index in [-0.39, 0.29) is 18.1 Å². The van der Waals surface area contributed by atoms with Crippen molar-refractivity contribution in [2.75, 3.05) is 12.9 Å². The second kappa shape index (κ2) is 10.1. The number of hydrazone groups is 1. The lowest BCUT2D eigenvalue weighted by Crippen LogP contribution is -2.24. The molecule has 1 amide bonds. The maximum absolute atomic E-state index is 12.0. The maximum Gasteiger partial charge on any atom is 0.246 e. The number of rotatable bonds is 9. The molecule has 1 heterocycles. The summed E-state index contributed by atoms with van der Waals surface area (Å²) >= 11 is 2.67. The van der Waals surface area contributed by atoms with Gasteiger partial charge in [0.1, 0.15) is 10.8 Å². The number of nitrogens with zero attached hydrogens (tertiary/aromatic N) is 2. The van der Waals surface area contributed by atoms with E-state index in [1.54, 1.807) is 20.1 Å². The van der Waals surface area contributed by atoms with Gasteiger partial charge in [-0.25, -0.2) is 10.4 Å². The molecule has 0 aliphatic carbocycles. The summed E-state index contributed by atoms with van der Waals surface area (Å²) < 4.78 is 5.31. The summed E-state index contributed by atoms with van der Waals surface area (Å²) in [5.41, 5.74) is 5.72. The number of methoxy groups -OCH3 is 1. The second-order valence-corrected chi connectivity index (χ2v) is 7.61. The Balaban J connectivity index is 2.03. The van der Waals surface area contributed by atoms with Gasteiger partial charge < -0.3 is 14.6 Å². The van der Waals surface area contributed by atoms with Crippen LogP contribution in [-0.4, -0.2) is 35.4 Å². The van der Waals surface area contributed by atoms with Crippen molar-refractivity contribution in [1.82, 2.24) is 10.4 Å². The number of ether oxygens (including phenoxy) is 1. The first-order valence-electron chi connectivity index (χ1n) is 8.08. The van der Waals surface area contributed by atoms with Gasteiger partial charge in [-0.3, -0.25) is 4.79 Å². The molecule has 0 radical (unpaired) electrons. The van der Waals surface area contributed by atoms with E-state index in [0.717, 1.165) is 21.8 Å². The van der Waals surface area contributed by atoms with Crippen LogP contribution in [0.15, 0.2) is 28.7 Å². The number of carboxylic acids is 1. The Labute approximate surface area is 165 Å². The van der Waals surface area contributed by atoms with E-state index in [2.05, 4.69) is 15.5 Å². The molecular weight excluding hydrogens is 386 g/mol. The van der Waals surface area contributed by atoms with Gasteiger partial charge in [-0.15, -0.1) is 11.3 Å². The molecule has 0 unspecified atom stereocenters. The van der Waals surface area contributed by atoms with Crippen LogP contribution in [-0.2, 0) is 21.8 Å². The molecular formula is C18H20N3O4S2-. The minimum atomic E-state index is -1.11. The van der Waals surface area contributed by atoms with Gasteiger partial charge in [0.05, 0.1) is 25.2 Å². The molecule has 144 valence electrons. The summed E-state index contributed by atoms with van der Waals surface area (Å²) in [5, 5.41) is 17.4. The topological polar surface area (TPSA) is 104 Å². The van der Waals surface area contributed by atoms with E-state index in [4.69, 9.17) is 4.74 Å². The van der Waals surface area contributed by atoms with Gasteiger partial charge >= 0.3 is 0 Å². The number of thioether (sulfide) groups is 1. The fourth-order valence-corrected chi connectivity index (χ4v) is 3.72. The Morgan fingerprint density at radius 1 is 1.41 bits per heavy atom. The molecule has 2 rings (SSSR count). The Bertz CT molecular complexity index is 849. The van der Waals surface area contributed by atoms with Crippen LogP contribution < -0.4 is 15.3 Å². The Morgan fingerprint density at radius 3 is 2.81 bits per heavy atom. The van der Waals surface area contributed by atoms with Gasteiger partial charge in [0.15, 0.2) is 0 Å². The van der Waals surface area contributed by atoms with E-state index in [0.29, 0.717) is 17.2 Å². The number of aliphatic carboxylic acids is 1. The molecule has 1 aromatic carbocycles. The Hall–Kier alpha value is -2.39. The number of hydrogen-bond acceptors (Lipinski definition) is 8. The molecule has 0 spiro atoms. The first-order chi connectivity index (χ1) is 12.9. The van der Waals surface area contributed by atoms with Gasteiger partial charge in [-0.1, -0.05) is 0 Å². The van der Waals surface area contributed by atoms with E-state index >= 15 is 0 Å². The van der Waals surface area contributed by atoms with Crippen LogP contribution in [0.1, 0.15) is 28.8 Å². The van der Waals surface area contributed by atoms with Crippen LogP contribution >= 0.6 is 23.1 Å². The normalized spacial score (nSPS) is 11.3. The minimum absolute atomic E-state index is 0.0905. The van der Waals surface area contributed by atoms with E-state index < -0.39 is 5.97 Å². The highest BCUT2D eigenvalue weighted by Gasteiger charge is 2.09. The number of aryl methyl sites for hydroxylation is 1. The minimum Gasteiger partial charge on any atom is -0.549 e. The van der Waals surface area contributed by atoms with Crippen LogP contribution in [0.3, 0.4) is 0 Å². The molecule has 1 N–H and O–H groups in total. The molecule has 9 heteroatoms. The van der Waals surface area contributed by atoms with Crippen molar-refractivity contribution in [3.05, 3.63) is 45.4 Å². The predicted molar refractivity (Wildman–Crippen MR) is 105 cm³/mol. The largest absolute Gasteiger partial charge is 0.549 e. The third-order valence-corrected chi connectivity index (χ3v) is 5.42. The third-order valence-electron chi connectivity index (χ3n) is 3.50. The second-order valence-electron chi connectivity index (χ2n) is 5.68. The third kappa shape index (κ3) is 6.69. The van der Waals surface area contributed by atoms with Crippen molar-refractivity contribution in [2.24, 2.45) is 5.10 Å². The summed E-state index contributed by atoms with van der Waals surface area (Å²) in [6.07, 6.45) is 0.184. The predicted octanol–water partition coefficient (Wildman–Crippen LogP) is 1.53. The number of carbonyl (C=O) groups excluding carboxylic acids is 2. The summed E-state index contributed by atoms with van der Waals surface area (Å²) in [7, 11) is 1.56. The fraction of sp³-hybridized carbons (Fsp3) is 0.333. The molecule has 0 saturated heterocycles. The number of aromatic nitrogens is 1. The molecule has 0 saturated carbocycles. The van der Waals surface area contributed by atoms with Crippen LogP contribution in [0.25, 0.3) is 0 Å². The van der Waals surface area contributed by atoms with Gasteiger partial charge in [0.2, 0.25) is 5.91 Å². The lowest BCUT2D eigenvalue weighted by atomic mass is 10.1. The van der Waals surface area contributed by atoms with Crippen molar-refractivity contribution in [1.29, 1.82) is 0 Å². The zero-order valence-corrected chi connectivity index (χ0v) is 16.9. The van der Waals surface area contributed by atoms with Gasteiger partial charge in [0, 0.05) is 28.1 Å². The average Bonchev–Trinajstić information content (AvgIpc) is 3.04. The number of nitrogens with one attached hydrogen (secondary N) is 1. The number of thiazole rings is 1. The molecule has 0 bridgehead atoms. The first kappa shape index (κ1) is 20.9. The Morgan fingerprint density at radius 2 is 2.19 bits per heavy atom. The van der Waals surface area contributed by atoms with Crippen molar-refractivity contribution in [3.8, 4) is 5.75 Å². The standard InChI is InChI=1S/C18H21N3O4S2/c1-11-8-27-17(19-11)7-16(22)21-20-12(2)13-4-5-15(25-3)14(6-13)9-26-10-18(23)24/h4-6,8H,7,9-10H2,1-3H3,(H,21,22)(H,23,24)/p-1/b20-12-. The molecule has 0 aliphatic heterocycles. The zero-order valence-electron chi connectivity index (χ0n) is 15.3. The molecule has 0 fully saturated rings. The van der Waals surface area contributed by atoms with Crippen LogP contribution in [0, 0.1) is 6.92 Å². The lowest BCUT2D eigenvalue weighted by Gasteiger charge is -2.11. The highest BCUT2D eigenvalue weighted by Crippen LogP contribution is 2.24. The van der Waals surface area contributed by atoms with Gasteiger partial charge in [-0.05, 0) is 37.6 Å². The number of carboxylic acid groups (broad SMARTS) is 1. The summed E-state index contributed by atoms with van der Waals surface area (Å²) in [6.45, 7) is 3.67. The smallest absolute Gasteiger partial charge is 0.246 e. The Kier molecular flexibility index (Phi) is 7.81. The van der Waals surface area contributed by atoms with Crippen molar-refractivity contribution in [2.45, 2.75) is 26.0 Å². The summed E-state index contributed by atoms with van der Waals surface area (Å²) in [4.78, 5) is 26.8. The quantitative estimate of drug-likeness (QED) is 0.500.